The Bertz CT molecular complexity index is 888. The van der Waals surface area contributed by atoms with Crippen LogP contribution in [0.25, 0.3) is 0 Å². The Hall–Kier alpha value is -3.10. The van der Waals surface area contributed by atoms with Crippen LogP contribution in [0.5, 0.6) is 11.5 Å². The van der Waals surface area contributed by atoms with Crippen molar-refractivity contribution in [2.45, 2.75) is 18.2 Å². The van der Waals surface area contributed by atoms with Gasteiger partial charge in [0.15, 0.2) is 11.5 Å². The first-order chi connectivity index (χ1) is 13.5. The van der Waals surface area contributed by atoms with E-state index in [4.69, 9.17) is 19.9 Å². The van der Waals surface area contributed by atoms with Crippen LogP contribution in [0.15, 0.2) is 48.5 Å². The zero-order chi connectivity index (χ0) is 19.7. The number of aliphatic hydroxyl groups excluding tert-OH is 1. The molecule has 4 rings (SSSR count). The lowest BCUT2D eigenvalue weighted by Gasteiger charge is -2.24. The smallest absolute Gasteiger partial charge is 0.417 e. The summed E-state index contributed by atoms with van der Waals surface area (Å²) in [6, 6.07) is 12.6. The monoisotopic (exact) mass is 384 g/mol. The molecule has 2 aromatic rings. The number of benzene rings is 2. The Kier molecular flexibility index (Phi) is 4.89. The minimum absolute atomic E-state index is 0.0449. The summed E-state index contributed by atoms with van der Waals surface area (Å²) in [5, 5.41) is 10.6. The minimum atomic E-state index is -1.33. The second-order valence-corrected chi connectivity index (χ2v) is 6.61. The number of nitrogens with zero attached hydrogens (tertiary/aromatic N) is 1. The maximum Gasteiger partial charge on any atom is 0.417 e. The molecule has 0 radical (unpaired) electrons. The molecule has 0 aliphatic carbocycles. The van der Waals surface area contributed by atoms with E-state index in [0.717, 1.165) is 10.5 Å². The molecule has 3 N–H and O–H groups in total. The number of carbonyl (C=O) groups is 2. The van der Waals surface area contributed by atoms with Crippen LogP contribution in [-0.4, -0.2) is 47.8 Å². The van der Waals surface area contributed by atoms with Crippen molar-refractivity contribution in [3.8, 4) is 11.5 Å². The largest absolute Gasteiger partial charge is 0.486 e. The van der Waals surface area contributed by atoms with Crippen LogP contribution in [0.4, 0.5) is 4.79 Å². The van der Waals surface area contributed by atoms with E-state index >= 15 is 0 Å². The molecule has 8 nitrogen and oxygen atoms in total. The Morgan fingerprint density at radius 1 is 1.11 bits per heavy atom. The third kappa shape index (κ3) is 3.39. The standard InChI is InChI=1S/C20H20N2O6/c21-17(18(23)13-6-7-14-15(10-13)27-9-8-26-14)19(24)22-11-16(28-20(22)25)12-4-2-1-3-5-12/h1-7,10,16-18,23H,8-9,11,21H2. The molecule has 3 atom stereocenters. The van der Waals surface area contributed by atoms with E-state index in [1.165, 1.54) is 0 Å². The van der Waals surface area contributed by atoms with Crippen molar-refractivity contribution in [3.63, 3.8) is 0 Å². The second kappa shape index (κ2) is 7.49. The molecule has 146 valence electrons. The number of ether oxygens (including phenoxy) is 3. The fraction of sp³-hybridized carbons (Fsp3) is 0.300. The Morgan fingerprint density at radius 2 is 1.82 bits per heavy atom. The van der Waals surface area contributed by atoms with E-state index in [2.05, 4.69) is 0 Å². The summed E-state index contributed by atoms with van der Waals surface area (Å²) in [5.74, 6) is 0.342. The van der Waals surface area contributed by atoms with Gasteiger partial charge in [-0.25, -0.2) is 9.69 Å². The van der Waals surface area contributed by atoms with Crippen LogP contribution in [0.1, 0.15) is 23.3 Å². The van der Waals surface area contributed by atoms with Crippen molar-refractivity contribution in [3.05, 3.63) is 59.7 Å². The van der Waals surface area contributed by atoms with Gasteiger partial charge in [0.05, 0.1) is 6.54 Å². The molecule has 0 spiro atoms. The van der Waals surface area contributed by atoms with E-state index < -0.39 is 30.3 Å². The fourth-order valence-electron chi connectivity index (χ4n) is 3.25. The van der Waals surface area contributed by atoms with Gasteiger partial charge >= 0.3 is 6.09 Å². The molecule has 0 saturated carbocycles. The van der Waals surface area contributed by atoms with E-state index in [1.54, 1.807) is 18.2 Å². The molecule has 3 unspecified atom stereocenters. The van der Waals surface area contributed by atoms with Gasteiger partial charge in [0.1, 0.15) is 31.5 Å². The number of carbonyl (C=O) groups excluding carboxylic acids is 2. The topological polar surface area (TPSA) is 111 Å². The summed E-state index contributed by atoms with van der Waals surface area (Å²) in [6.07, 6.45) is -2.65. The SMILES string of the molecule is NC(C(=O)N1CC(c2ccccc2)OC1=O)C(O)c1ccc2c(c1)OCCO2. The molecule has 1 fully saturated rings. The molecule has 8 heteroatoms. The normalized spacial score (nSPS) is 20.4. The van der Waals surface area contributed by atoms with Gasteiger partial charge in [-0.2, -0.15) is 0 Å². The van der Waals surface area contributed by atoms with Crippen LogP contribution >= 0.6 is 0 Å². The lowest BCUT2D eigenvalue weighted by atomic mass is 10.0. The molecular formula is C20H20N2O6. The van der Waals surface area contributed by atoms with Crippen LogP contribution in [-0.2, 0) is 9.53 Å². The highest BCUT2D eigenvalue weighted by Gasteiger charge is 2.40. The van der Waals surface area contributed by atoms with Gasteiger partial charge in [-0.05, 0) is 23.3 Å². The third-order valence-corrected chi connectivity index (χ3v) is 4.78. The predicted molar refractivity (Wildman–Crippen MR) is 97.7 cm³/mol. The van der Waals surface area contributed by atoms with Gasteiger partial charge in [0, 0.05) is 0 Å². The van der Waals surface area contributed by atoms with E-state index in [1.807, 2.05) is 30.3 Å². The number of fused-ring (bicyclic) bond motifs is 1. The molecule has 2 heterocycles. The first-order valence-corrected chi connectivity index (χ1v) is 8.94. The van der Waals surface area contributed by atoms with E-state index in [-0.39, 0.29) is 6.54 Å². The number of cyclic esters (lactones) is 1. The van der Waals surface area contributed by atoms with Crippen molar-refractivity contribution in [1.82, 2.24) is 4.90 Å². The van der Waals surface area contributed by atoms with Crippen molar-refractivity contribution in [2.75, 3.05) is 19.8 Å². The molecule has 0 aromatic heterocycles. The number of imide groups is 1. The van der Waals surface area contributed by atoms with E-state index in [9.17, 15) is 14.7 Å². The van der Waals surface area contributed by atoms with Crippen molar-refractivity contribution in [1.29, 1.82) is 0 Å². The lowest BCUT2D eigenvalue weighted by Crippen LogP contribution is -2.47. The highest BCUT2D eigenvalue weighted by Crippen LogP contribution is 2.34. The molecule has 2 aromatic carbocycles. The first kappa shape index (κ1) is 18.3. The second-order valence-electron chi connectivity index (χ2n) is 6.61. The summed E-state index contributed by atoms with van der Waals surface area (Å²) in [6.45, 7) is 0.897. The van der Waals surface area contributed by atoms with Crippen molar-refractivity contribution >= 4 is 12.0 Å². The van der Waals surface area contributed by atoms with Crippen LogP contribution in [0.2, 0.25) is 0 Å². The average molecular weight is 384 g/mol. The Balaban J connectivity index is 1.47. The summed E-state index contributed by atoms with van der Waals surface area (Å²) < 4.78 is 16.2. The number of amides is 2. The summed E-state index contributed by atoms with van der Waals surface area (Å²) in [7, 11) is 0. The average Bonchev–Trinajstić information content (AvgIpc) is 3.14. The van der Waals surface area contributed by atoms with Crippen LogP contribution in [0.3, 0.4) is 0 Å². The van der Waals surface area contributed by atoms with Gasteiger partial charge in [-0.1, -0.05) is 36.4 Å². The maximum absolute atomic E-state index is 12.7. The fourth-order valence-corrected chi connectivity index (χ4v) is 3.25. The highest BCUT2D eigenvalue weighted by atomic mass is 16.6. The first-order valence-electron chi connectivity index (χ1n) is 8.94. The molecular weight excluding hydrogens is 364 g/mol. The maximum atomic E-state index is 12.7. The highest BCUT2D eigenvalue weighted by molar-refractivity contribution is 5.96. The van der Waals surface area contributed by atoms with Gasteiger partial charge < -0.3 is 25.1 Å². The number of hydrogen-bond acceptors (Lipinski definition) is 7. The molecule has 2 aliphatic heterocycles. The molecule has 28 heavy (non-hydrogen) atoms. The number of rotatable bonds is 4. The number of aliphatic hydroxyl groups is 1. The van der Waals surface area contributed by atoms with E-state index in [0.29, 0.717) is 30.3 Å². The van der Waals surface area contributed by atoms with Gasteiger partial charge in [0.25, 0.3) is 5.91 Å². The summed E-state index contributed by atoms with van der Waals surface area (Å²) in [5.41, 5.74) is 7.16. The minimum Gasteiger partial charge on any atom is -0.486 e. The van der Waals surface area contributed by atoms with Crippen LogP contribution < -0.4 is 15.2 Å². The third-order valence-electron chi connectivity index (χ3n) is 4.78. The predicted octanol–water partition coefficient (Wildman–Crippen LogP) is 1.54. The number of hydrogen-bond donors (Lipinski definition) is 2. The quantitative estimate of drug-likeness (QED) is 0.822. The molecule has 2 amide bonds. The van der Waals surface area contributed by atoms with Crippen LogP contribution in [0, 0.1) is 0 Å². The summed E-state index contributed by atoms with van der Waals surface area (Å²) in [4.78, 5) is 25.8. The molecule has 0 bridgehead atoms. The van der Waals surface area contributed by atoms with Crippen molar-refractivity contribution in [2.24, 2.45) is 5.73 Å². The van der Waals surface area contributed by atoms with Crippen molar-refractivity contribution < 1.29 is 28.9 Å². The molecule has 1 saturated heterocycles. The van der Waals surface area contributed by atoms with Gasteiger partial charge in [-0.15, -0.1) is 0 Å². The number of nitrogens with two attached hydrogens (primary N) is 1. The van der Waals surface area contributed by atoms with Gasteiger partial charge in [-0.3, -0.25) is 4.79 Å². The van der Waals surface area contributed by atoms with Gasteiger partial charge in [0.2, 0.25) is 0 Å². The summed E-state index contributed by atoms with van der Waals surface area (Å²) >= 11 is 0. The zero-order valence-corrected chi connectivity index (χ0v) is 15.0. The lowest BCUT2D eigenvalue weighted by molar-refractivity contribution is -0.131. The Morgan fingerprint density at radius 3 is 2.57 bits per heavy atom. The molecule has 2 aliphatic rings. The zero-order valence-electron chi connectivity index (χ0n) is 15.0. The Labute approximate surface area is 161 Å².